The maximum atomic E-state index is 13.0. The molecule has 0 radical (unpaired) electrons. The van der Waals surface area contributed by atoms with Crippen LogP contribution >= 0.6 is 0 Å². The number of esters is 1. The number of ether oxygens (including phenoxy) is 1. The predicted molar refractivity (Wildman–Crippen MR) is 90.5 cm³/mol. The van der Waals surface area contributed by atoms with Crippen molar-refractivity contribution < 1.29 is 37.0 Å². The fraction of sp³-hybridized carbons (Fsp3) is 0.263. The first-order valence-corrected chi connectivity index (χ1v) is 8.09. The quantitative estimate of drug-likeness (QED) is 0.579. The van der Waals surface area contributed by atoms with Crippen molar-refractivity contribution in [3.05, 3.63) is 71.0 Å². The van der Waals surface area contributed by atoms with E-state index in [1.807, 2.05) is 0 Å². The van der Waals surface area contributed by atoms with Crippen LogP contribution in [0.3, 0.4) is 0 Å². The lowest BCUT2D eigenvalue weighted by Gasteiger charge is -2.19. The Balaban J connectivity index is 2.11. The molecule has 2 rings (SSSR count). The summed E-state index contributed by atoms with van der Waals surface area (Å²) in [5.74, 6) is -2.25. The van der Waals surface area contributed by atoms with Gasteiger partial charge in [-0.05, 0) is 35.4 Å². The van der Waals surface area contributed by atoms with Crippen molar-refractivity contribution >= 4 is 11.9 Å². The Labute approximate surface area is 157 Å². The van der Waals surface area contributed by atoms with Crippen LogP contribution in [-0.2, 0) is 26.9 Å². The van der Waals surface area contributed by atoms with Crippen molar-refractivity contribution in [1.29, 1.82) is 0 Å². The van der Waals surface area contributed by atoms with Crippen molar-refractivity contribution in [2.75, 3.05) is 7.11 Å². The van der Waals surface area contributed by atoms with Crippen LogP contribution in [0.1, 0.15) is 22.8 Å². The van der Waals surface area contributed by atoms with Gasteiger partial charge in [0.1, 0.15) is 11.9 Å². The van der Waals surface area contributed by atoms with E-state index in [4.69, 9.17) is 0 Å². The third kappa shape index (κ3) is 5.53. The SMILES string of the molecule is COC(=O)[C@@H](Cc1ccc(F)cc1)NC(=O)[C@@H](O)c1ccc(C(F)(F)F)cc1. The number of aliphatic hydroxyl groups excluding tert-OH is 1. The van der Waals surface area contributed by atoms with E-state index in [-0.39, 0.29) is 12.0 Å². The van der Waals surface area contributed by atoms with Gasteiger partial charge < -0.3 is 15.2 Å². The Morgan fingerprint density at radius 1 is 1.07 bits per heavy atom. The smallest absolute Gasteiger partial charge is 0.416 e. The second-order valence-corrected chi connectivity index (χ2v) is 5.94. The number of alkyl halides is 3. The zero-order valence-corrected chi connectivity index (χ0v) is 14.7. The lowest BCUT2D eigenvalue weighted by molar-refractivity contribution is -0.146. The first-order chi connectivity index (χ1) is 13.1. The molecule has 28 heavy (non-hydrogen) atoms. The average molecular weight is 399 g/mol. The molecule has 2 aromatic rings. The lowest BCUT2D eigenvalue weighted by Crippen LogP contribution is -2.45. The molecule has 0 heterocycles. The molecule has 0 aliphatic carbocycles. The highest BCUT2D eigenvalue weighted by molar-refractivity contribution is 5.87. The van der Waals surface area contributed by atoms with Crippen LogP contribution in [0.4, 0.5) is 17.6 Å². The van der Waals surface area contributed by atoms with E-state index >= 15 is 0 Å². The minimum absolute atomic E-state index is 0.0293. The molecule has 1 amide bonds. The highest BCUT2D eigenvalue weighted by atomic mass is 19.4. The Morgan fingerprint density at radius 2 is 1.64 bits per heavy atom. The summed E-state index contributed by atoms with van der Waals surface area (Å²) in [4.78, 5) is 24.2. The molecule has 0 saturated carbocycles. The number of carbonyl (C=O) groups excluding carboxylic acids is 2. The van der Waals surface area contributed by atoms with Crippen LogP contribution in [0, 0.1) is 5.82 Å². The number of hydrogen-bond acceptors (Lipinski definition) is 4. The van der Waals surface area contributed by atoms with Crippen LogP contribution in [0.15, 0.2) is 48.5 Å². The number of methoxy groups -OCH3 is 1. The van der Waals surface area contributed by atoms with Crippen LogP contribution < -0.4 is 5.32 Å². The summed E-state index contributed by atoms with van der Waals surface area (Å²) in [6.45, 7) is 0. The molecule has 2 atom stereocenters. The second-order valence-electron chi connectivity index (χ2n) is 5.94. The first-order valence-electron chi connectivity index (χ1n) is 8.09. The Bertz CT molecular complexity index is 819. The van der Waals surface area contributed by atoms with E-state index in [0.717, 1.165) is 31.4 Å². The molecule has 0 bridgehead atoms. The van der Waals surface area contributed by atoms with Crippen molar-refractivity contribution in [2.45, 2.75) is 24.7 Å². The van der Waals surface area contributed by atoms with Crippen molar-refractivity contribution in [2.24, 2.45) is 0 Å². The van der Waals surface area contributed by atoms with Crippen molar-refractivity contribution in [1.82, 2.24) is 5.32 Å². The largest absolute Gasteiger partial charge is 0.467 e. The molecule has 0 spiro atoms. The van der Waals surface area contributed by atoms with Crippen LogP contribution in [-0.4, -0.2) is 30.1 Å². The molecule has 0 aromatic heterocycles. The normalized spacial score (nSPS) is 13.5. The van der Waals surface area contributed by atoms with Gasteiger partial charge in [0.05, 0.1) is 12.7 Å². The number of aliphatic hydroxyl groups is 1. The number of carbonyl (C=O) groups is 2. The van der Waals surface area contributed by atoms with E-state index < -0.39 is 41.6 Å². The van der Waals surface area contributed by atoms with Gasteiger partial charge in [-0.15, -0.1) is 0 Å². The molecule has 0 unspecified atom stereocenters. The van der Waals surface area contributed by atoms with Gasteiger partial charge in [0.25, 0.3) is 5.91 Å². The summed E-state index contributed by atoms with van der Waals surface area (Å²) in [5.41, 5.74) is -0.468. The van der Waals surface area contributed by atoms with Gasteiger partial charge >= 0.3 is 12.1 Å². The Morgan fingerprint density at radius 3 is 2.14 bits per heavy atom. The fourth-order valence-electron chi connectivity index (χ4n) is 2.45. The second kappa shape index (κ2) is 8.83. The topological polar surface area (TPSA) is 75.6 Å². The standard InChI is InChI=1S/C19H17F4NO4/c1-28-18(27)15(10-11-2-8-14(20)9-3-11)24-17(26)16(25)12-4-6-13(7-5-12)19(21,22)23/h2-9,15-16,25H,10H2,1H3,(H,24,26)/t15-,16+/m1/s1. The maximum absolute atomic E-state index is 13.0. The summed E-state index contributed by atoms with van der Waals surface area (Å²) in [6, 6.07) is 7.45. The van der Waals surface area contributed by atoms with Crippen molar-refractivity contribution in [3.8, 4) is 0 Å². The van der Waals surface area contributed by atoms with E-state index in [2.05, 4.69) is 10.1 Å². The van der Waals surface area contributed by atoms with Gasteiger partial charge in [-0.1, -0.05) is 24.3 Å². The van der Waals surface area contributed by atoms with Crippen molar-refractivity contribution in [3.63, 3.8) is 0 Å². The van der Waals surface area contributed by atoms with Gasteiger partial charge in [0, 0.05) is 6.42 Å². The maximum Gasteiger partial charge on any atom is 0.416 e. The molecule has 0 saturated heterocycles. The van der Waals surface area contributed by atoms with E-state index in [9.17, 15) is 32.3 Å². The van der Waals surface area contributed by atoms with Gasteiger partial charge in [-0.3, -0.25) is 4.79 Å². The Kier molecular flexibility index (Phi) is 6.74. The van der Waals surface area contributed by atoms with E-state index in [1.54, 1.807) is 0 Å². The highest BCUT2D eigenvalue weighted by Gasteiger charge is 2.31. The molecular weight excluding hydrogens is 382 g/mol. The minimum atomic E-state index is -4.54. The average Bonchev–Trinajstić information content (AvgIpc) is 2.67. The monoisotopic (exact) mass is 399 g/mol. The molecular formula is C19H17F4NO4. The fourth-order valence-corrected chi connectivity index (χ4v) is 2.45. The summed E-state index contributed by atoms with van der Waals surface area (Å²) in [7, 11) is 1.11. The van der Waals surface area contributed by atoms with E-state index in [1.165, 1.54) is 24.3 Å². The van der Waals surface area contributed by atoms with Gasteiger partial charge in [-0.2, -0.15) is 13.2 Å². The molecule has 150 valence electrons. The molecule has 2 aromatic carbocycles. The van der Waals surface area contributed by atoms with Gasteiger partial charge in [0.15, 0.2) is 6.10 Å². The third-order valence-electron chi connectivity index (χ3n) is 3.96. The summed E-state index contributed by atoms with van der Waals surface area (Å²) in [5, 5.41) is 12.4. The number of hydrogen-bond donors (Lipinski definition) is 2. The van der Waals surface area contributed by atoms with Crippen LogP contribution in [0.2, 0.25) is 0 Å². The summed E-state index contributed by atoms with van der Waals surface area (Å²) < 4.78 is 55.4. The summed E-state index contributed by atoms with van der Waals surface area (Å²) >= 11 is 0. The molecule has 0 aliphatic heterocycles. The third-order valence-corrected chi connectivity index (χ3v) is 3.96. The zero-order chi connectivity index (χ0) is 20.9. The summed E-state index contributed by atoms with van der Waals surface area (Å²) in [6.07, 6.45) is -6.36. The Hall–Kier alpha value is -2.94. The number of halogens is 4. The molecule has 5 nitrogen and oxygen atoms in total. The number of rotatable bonds is 6. The molecule has 2 N–H and O–H groups in total. The molecule has 0 fully saturated rings. The molecule has 0 aliphatic rings. The lowest BCUT2D eigenvalue weighted by atomic mass is 10.0. The van der Waals surface area contributed by atoms with Crippen LogP contribution in [0.5, 0.6) is 0 Å². The minimum Gasteiger partial charge on any atom is -0.467 e. The van der Waals surface area contributed by atoms with E-state index in [0.29, 0.717) is 5.56 Å². The van der Waals surface area contributed by atoms with Gasteiger partial charge in [0.2, 0.25) is 0 Å². The number of nitrogens with one attached hydrogen (secondary N) is 1. The van der Waals surface area contributed by atoms with Gasteiger partial charge in [-0.25, -0.2) is 9.18 Å². The number of benzene rings is 2. The molecule has 9 heteroatoms. The first kappa shape index (κ1) is 21.4. The predicted octanol–water partition coefficient (Wildman–Crippen LogP) is 2.78. The number of amides is 1. The highest BCUT2D eigenvalue weighted by Crippen LogP contribution is 2.30. The zero-order valence-electron chi connectivity index (χ0n) is 14.7. The van der Waals surface area contributed by atoms with Crippen LogP contribution in [0.25, 0.3) is 0 Å².